The molecule has 0 spiro atoms. The molecule has 0 heterocycles. The van der Waals surface area contributed by atoms with Gasteiger partial charge in [0.1, 0.15) is 5.82 Å². The Morgan fingerprint density at radius 3 is 3.08 bits per heavy atom. The number of hydrogen-bond acceptors (Lipinski definition) is 0. The lowest BCUT2D eigenvalue weighted by Gasteiger charge is -2.21. The van der Waals surface area contributed by atoms with Crippen molar-refractivity contribution in [2.75, 3.05) is 0 Å². The highest BCUT2D eigenvalue weighted by Crippen LogP contribution is 2.29. The highest BCUT2D eigenvalue weighted by atomic mass is 35.5. The van der Waals surface area contributed by atoms with Gasteiger partial charge in [-0.15, -0.1) is 0 Å². The maximum atomic E-state index is 13.2. The summed E-state index contributed by atoms with van der Waals surface area (Å²) < 4.78 is 29.0. The lowest BCUT2D eigenvalue weighted by Crippen LogP contribution is -2.11. The molecule has 0 aromatic heterocycles. The molecule has 1 aliphatic rings. The molecular formula is C11H12ClF. The zero-order valence-corrected chi connectivity index (χ0v) is 8.16. The molecule has 1 unspecified atom stereocenters. The first-order valence-electron chi connectivity index (χ1n) is 5.38. The molecule has 0 nitrogen and oxygen atoms in total. The minimum Gasteiger partial charge on any atom is -0.205 e. The van der Waals surface area contributed by atoms with Crippen LogP contribution in [-0.4, -0.2) is 0 Å². The van der Waals surface area contributed by atoms with Crippen molar-refractivity contribution in [2.24, 2.45) is 5.92 Å². The van der Waals surface area contributed by atoms with Crippen LogP contribution in [-0.2, 0) is 12.8 Å². The molecule has 0 N–H and O–H groups in total. The molecule has 2 heteroatoms. The minimum atomic E-state index is -1.38. The van der Waals surface area contributed by atoms with Crippen LogP contribution in [0.5, 0.6) is 0 Å². The monoisotopic (exact) mass is 200 g/mol. The van der Waals surface area contributed by atoms with E-state index in [0.717, 1.165) is 12.0 Å². The fraction of sp³-hybridized carbons (Fsp3) is 0.455. The predicted octanol–water partition coefficient (Wildman–Crippen LogP) is 3.60. The second-order valence-corrected chi connectivity index (χ2v) is 4.02. The zero-order valence-electron chi connectivity index (χ0n) is 9.40. The van der Waals surface area contributed by atoms with Crippen LogP contribution in [0.1, 0.15) is 27.2 Å². The predicted molar refractivity (Wildman–Crippen MR) is 52.6 cm³/mol. The highest BCUT2D eigenvalue weighted by molar-refractivity contribution is 6.30. The van der Waals surface area contributed by atoms with Crippen LogP contribution in [0.3, 0.4) is 0 Å². The molecular weight excluding hydrogens is 187 g/mol. The second kappa shape index (κ2) is 3.30. The first-order valence-corrected chi connectivity index (χ1v) is 4.76. The summed E-state index contributed by atoms with van der Waals surface area (Å²) in [5, 5.41) is 0.00665. The lowest BCUT2D eigenvalue weighted by atomic mass is 9.85. The quantitative estimate of drug-likeness (QED) is 0.600. The van der Waals surface area contributed by atoms with E-state index in [1.54, 1.807) is 0 Å². The third-order valence-corrected chi connectivity index (χ3v) is 2.65. The van der Waals surface area contributed by atoms with Crippen molar-refractivity contribution in [3.8, 4) is 0 Å². The number of rotatable bonds is 0. The van der Waals surface area contributed by atoms with Crippen molar-refractivity contribution in [2.45, 2.75) is 26.1 Å². The molecule has 0 saturated carbocycles. The van der Waals surface area contributed by atoms with Crippen LogP contribution < -0.4 is 0 Å². The third-order valence-electron chi connectivity index (χ3n) is 2.36. The Hall–Kier alpha value is -0.560. The second-order valence-electron chi connectivity index (χ2n) is 3.61. The van der Waals surface area contributed by atoms with Gasteiger partial charge in [0, 0.05) is 2.74 Å². The maximum Gasteiger partial charge on any atom is 0.142 e. The Morgan fingerprint density at radius 2 is 2.31 bits per heavy atom. The van der Waals surface area contributed by atoms with Gasteiger partial charge in [-0.25, -0.2) is 4.39 Å². The van der Waals surface area contributed by atoms with E-state index in [9.17, 15) is 4.39 Å². The molecule has 2 rings (SSSR count). The topological polar surface area (TPSA) is 0 Å². The Bertz CT molecular complexity index is 404. The fourth-order valence-corrected chi connectivity index (χ4v) is 1.82. The average molecular weight is 201 g/mol. The van der Waals surface area contributed by atoms with Gasteiger partial charge in [-0.1, -0.05) is 18.5 Å². The normalized spacial score (nSPS) is 27.5. The first-order chi connectivity index (χ1) is 6.90. The summed E-state index contributed by atoms with van der Waals surface area (Å²) in [6.45, 7) is 1.98. The van der Waals surface area contributed by atoms with Crippen LogP contribution in [0.25, 0.3) is 0 Å². The molecule has 0 radical (unpaired) electrons. The summed E-state index contributed by atoms with van der Waals surface area (Å²) in [5.74, 6) is -0.214. The van der Waals surface area contributed by atoms with E-state index in [1.807, 2.05) is 6.92 Å². The van der Waals surface area contributed by atoms with Crippen LogP contribution >= 0.6 is 11.6 Å². The standard InChI is InChI=1S/C11H12ClF/c1-7-2-3-8-5-10(12)11(13)6-9(8)4-7/h5-7H,2-4H2,1H3/i3D2. The molecule has 1 aromatic rings. The Kier molecular flexibility index (Phi) is 1.73. The van der Waals surface area contributed by atoms with Gasteiger partial charge in [0.15, 0.2) is 0 Å². The molecule has 0 saturated heterocycles. The van der Waals surface area contributed by atoms with Crippen LogP contribution in [0.2, 0.25) is 5.02 Å². The van der Waals surface area contributed by atoms with E-state index >= 15 is 0 Å². The number of aryl methyl sites for hydroxylation is 1. The van der Waals surface area contributed by atoms with Gasteiger partial charge >= 0.3 is 0 Å². The van der Waals surface area contributed by atoms with E-state index in [4.69, 9.17) is 14.3 Å². The number of benzene rings is 1. The van der Waals surface area contributed by atoms with Crippen molar-refractivity contribution in [3.05, 3.63) is 34.1 Å². The Labute approximate surface area is 85.5 Å². The molecule has 0 aliphatic heterocycles. The smallest absolute Gasteiger partial charge is 0.142 e. The highest BCUT2D eigenvalue weighted by Gasteiger charge is 2.16. The summed E-state index contributed by atoms with van der Waals surface area (Å²) in [6.07, 6.45) is -0.185. The van der Waals surface area contributed by atoms with E-state index in [-0.39, 0.29) is 10.9 Å². The SMILES string of the molecule is [2H]C1([2H])CC(C)Cc2cc(F)c(Cl)cc21. The number of hydrogen-bond donors (Lipinski definition) is 0. The lowest BCUT2D eigenvalue weighted by molar-refractivity contribution is 0.497. The molecule has 0 amide bonds. The Balaban J connectivity index is 2.58. The molecule has 1 aromatic carbocycles. The van der Waals surface area contributed by atoms with Gasteiger partial charge in [-0.2, -0.15) is 0 Å². The van der Waals surface area contributed by atoms with E-state index in [0.29, 0.717) is 12.0 Å². The largest absolute Gasteiger partial charge is 0.205 e. The average Bonchev–Trinajstić information content (AvgIpc) is 2.07. The molecule has 0 bridgehead atoms. The first kappa shape index (κ1) is 6.83. The summed E-state index contributed by atoms with van der Waals surface area (Å²) in [4.78, 5) is 0. The van der Waals surface area contributed by atoms with Crippen LogP contribution in [0.4, 0.5) is 4.39 Å². The van der Waals surface area contributed by atoms with Crippen LogP contribution in [0.15, 0.2) is 12.1 Å². The zero-order chi connectivity index (χ0) is 11.2. The summed E-state index contributed by atoms with van der Waals surface area (Å²) in [6, 6.07) is 2.79. The van der Waals surface area contributed by atoms with Gasteiger partial charge in [0.05, 0.1) is 5.02 Å². The van der Waals surface area contributed by atoms with E-state index in [1.165, 1.54) is 12.1 Å². The summed E-state index contributed by atoms with van der Waals surface area (Å²) in [5.41, 5.74) is 1.30. The summed E-state index contributed by atoms with van der Waals surface area (Å²) in [7, 11) is 0. The minimum absolute atomic E-state index is 0.00665. The molecule has 13 heavy (non-hydrogen) atoms. The van der Waals surface area contributed by atoms with Gasteiger partial charge < -0.3 is 0 Å². The molecule has 1 aliphatic carbocycles. The van der Waals surface area contributed by atoms with Crippen molar-refractivity contribution < 1.29 is 7.13 Å². The fourth-order valence-electron chi connectivity index (χ4n) is 1.65. The Morgan fingerprint density at radius 1 is 1.54 bits per heavy atom. The van der Waals surface area contributed by atoms with Crippen molar-refractivity contribution in [1.29, 1.82) is 0 Å². The summed E-state index contributed by atoms with van der Waals surface area (Å²) >= 11 is 5.67. The maximum absolute atomic E-state index is 13.2. The molecule has 1 atom stereocenters. The van der Waals surface area contributed by atoms with Gasteiger partial charge in [-0.05, 0) is 48.4 Å². The van der Waals surface area contributed by atoms with Crippen LogP contribution in [0, 0.1) is 11.7 Å². The molecule has 0 fully saturated rings. The van der Waals surface area contributed by atoms with Gasteiger partial charge in [0.25, 0.3) is 0 Å². The third kappa shape index (κ3) is 1.71. The van der Waals surface area contributed by atoms with Crippen molar-refractivity contribution >= 4 is 11.6 Å². The van der Waals surface area contributed by atoms with E-state index in [2.05, 4.69) is 0 Å². The molecule has 70 valence electrons. The van der Waals surface area contributed by atoms with Gasteiger partial charge in [-0.3, -0.25) is 0 Å². The number of halogens is 2. The van der Waals surface area contributed by atoms with E-state index < -0.39 is 12.2 Å². The van der Waals surface area contributed by atoms with Gasteiger partial charge in [0.2, 0.25) is 0 Å². The number of fused-ring (bicyclic) bond motifs is 1. The van der Waals surface area contributed by atoms with Crippen molar-refractivity contribution in [3.63, 3.8) is 0 Å². The van der Waals surface area contributed by atoms with Crippen molar-refractivity contribution in [1.82, 2.24) is 0 Å².